The summed E-state index contributed by atoms with van der Waals surface area (Å²) in [5, 5.41) is 0. The van der Waals surface area contributed by atoms with Crippen molar-refractivity contribution < 1.29 is 31.5 Å². The summed E-state index contributed by atoms with van der Waals surface area (Å²) in [4.78, 5) is 14.4. The molecule has 3 nitrogen and oxygen atoms in total. The van der Waals surface area contributed by atoms with Crippen molar-refractivity contribution in [2.45, 2.75) is 25.9 Å². The summed E-state index contributed by atoms with van der Waals surface area (Å²) in [7, 11) is 1.04. The molecule has 1 heterocycles. The van der Waals surface area contributed by atoms with Crippen LogP contribution >= 0.6 is 0 Å². The van der Waals surface area contributed by atoms with E-state index in [2.05, 4.69) is 9.72 Å². The molecule has 0 saturated heterocycles. The SMILES string of the molecule is COC(=O)Cc1nc(C(F)F)cc(C(F)(F)F)c1C. The number of halogens is 5. The molecule has 0 radical (unpaired) electrons. The van der Waals surface area contributed by atoms with E-state index < -0.39 is 36.2 Å². The lowest BCUT2D eigenvalue weighted by atomic mass is 10.0. The molecule has 0 spiro atoms. The van der Waals surface area contributed by atoms with Crippen LogP contribution in [0.3, 0.4) is 0 Å². The van der Waals surface area contributed by atoms with E-state index >= 15 is 0 Å². The van der Waals surface area contributed by atoms with Crippen LogP contribution in [0.5, 0.6) is 0 Å². The number of alkyl halides is 5. The smallest absolute Gasteiger partial charge is 0.416 e. The molecule has 0 aliphatic heterocycles. The molecule has 8 heteroatoms. The predicted octanol–water partition coefficient (Wildman–Crippen LogP) is 3.06. The lowest BCUT2D eigenvalue weighted by Gasteiger charge is -2.15. The first-order chi connectivity index (χ1) is 8.66. The highest BCUT2D eigenvalue weighted by Crippen LogP contribution is 2.35. The molecule has 0 saturated carbocycles. The summed E-state index contributed by atoms with van der Waals surface area (Å²) in [6.45, 7) is 1.07. The average Bonchev–Trinajstić information content (AvgIpc) is 2.29. The maximum Gasteiger partial charge on any atom is 0.416 e. The van der Waals surface area contributed by atoms with Gasteiger partial charge in [0.15, 0.2) is 0 Å². The number of pyridine rings is 1. The molecule has 0 aliphatic rings. The second kappa shape index (κ2) is 5.50. The van der Waals surface area contributed by atoms with Crippen molar-refractivity contribution in [2.24, 2.45) is 0 Å². The zero-order valence-corrected chi connectivity index (χ0v) is 10.0. The monoisotopic (exact) mass is 283 g/mol. The van der Waals surface area contributed by atoms with E-state index in [4.69, 9.17) is 0 Å². The standard InChI is InChI=1S/C11H10F5NO2/c1-5-6(11(14,15)16)3-8(10(12)13)17-7(5)4-9(18)19-2/h3,10H,4H2,1-2H3. The highest BCUT2D eigenvalue weighted by atomic mass is 19.4. The second-order valence-electron chi connectivity index (χ2n) is 3.72. The van der Waals surface area contributed by atoms with Crippen LogP contribution in [0.15, 0.2) is 6.07 Å². The van der Waals surface area contributed by atoms with E-state index in [9.17, 15) is 26.7 Å². The van der Waals surface area contributed by atoms with Gasteiger partial charge in [0.25, 0.3) is 6.43 Å². The van der Waals surface area contributed by atoms with Crippen LogP contribution in [-0.4, -0.2) is 18.1 Å². The Balaban J connectivity index is 3.37. The zero-order chi connectivity index (χ0) is 14.8. The number of aromatic nitrogens is 1. The Bertz CT molecular complexity index is 485. The third kappa shape index (κ3) is 3.62. The van der Waals surface area contributed by atoms with Gasteiger partial charge in [0.1, 0.15) is 5.69 Å². The van der Waals surface area contributed by atoms with Crippen molar-refractivity contribution >= 4 is 5.97 Å². The average molecular weight is 283 g/mol. The molecule has 0 unspecified atom stereocenters. The third-order valence-corrected chi connectivity index (χ3v) is 2.46. The summed E-state index contributed by atoms with van der Waals surface area (Å²) in [5.74, 6) is -0.852. The Hall–Kier alpha value is -1.73. The van der Waals surface area contributed by atoms with Gasteiger partial charge in [0, 0.05) is 0 Å². The number of carbonyl (C=O) groups is 1. The minimum absolute atomic E-state index is 0.292. The Morgan fingerprint density at radius 3 is 2.42 bits per heavy atom. The van der Waals surface area contributed by atoms with Crippen molar-refractivity contribution in [2.75, 3.05) is 7.11 Å². The molecule has 0 N–H and O–H groups in total. The first kappa shape index (κ1) is 15.3. The van der Waals surface area contributed by atoms with Crippen molar-refractivity contribution in [3.63, 3.8) is 0 Å². The highest BCUT2D eigenvalue weighted by Gasteiger charge is 2.35. The normalized spacial score (nSPS) is 11.8. The molecule has 0 aromatic carbocycles. The van der Waals surface area contributed by atoms with Crippen LogP contribution in [0.2, 0.25) is 0 Å². The molecule has 0 bridgehead atoms. The molecule has 0 aliphatic carbocycles. The number of nitrogens with zero attached hydrogens (tertiary/aromatic N) is 1. The fourth-order valence-corrected chi connectivity index (χ4v) is 1.47. The van der Waals surface area contributed by atoms with Crippen molar-refractivity contribution in [3.05, 3.63) is 28.6 Å². The Labute approximate surface area is 105 Å². The fraction of sp³-hybridized carbons (Fsp3) is 0.455. The number of methoxy groups -OCH3 is 1. The Morgan fingerprint density at radius 1 is 1.42 bits per heavy atom. The minimum Gasteiger partial charge on any atom is -0.469 e. The van der Waals surface area contributed by atoms with E-state index in [0.717, 1.165) is 14.0 Å². The van der Waals surface area contributed by atoms with Gasteiger partial charge in [-0.25, -0.2) is 8.78 Å². The maximum absolute atomic E-state index is 12.7. The molecule has 0 fully saturated rings. The van der Waals surface area contributed by atoms with Gasteiger partial charge in [0.2, 0.25) is 0 Å². The second-order valence-corrected chi connectivity index (χ2v) is 3.72. The van der Waals surface area contributed by atoms with E-state index in [1.54, 1.807) is 0 Å². The molecular weight excluding hydrogens is 273 g/mol. The Kier molecular flexibility index (Phi) is 4.43. The van der Waals surface area contributed by atoms with Crippen molar-refractivity contribution in [3.8, 4) is 0 Å². The molecule has 0 atom stereocenters. The van der Waals surface area contributed by atoms with Crippen LogP contribution < -0.4 is 0 Å². The summed E-state index contributed by atoms with van der Waals surface area (Å²) in [6, 6.07) is 0.292. The van der Waals surface area contributed by atoms with Crippen LogP contribution in [0.4, 0.5) is 22.0 Å². The summed E-state index contributed by atoms with van der Waals surface area (Å²) in [5.41, 5.74) is -2.96. The van der Waals surface area contributed by atoms with Gasteiger partial charge < -0.3 is 4.74 Å². The number of esters is 1. The van der Waals surface area contributed by atoms with Gasteiger partial charge >= 0.3 is 12.1 Å². The van der Waals surface area contributed by atoms with Gasteiger partial charge in [-0.2, -0.15) is 13.2 Å². The lowest BCUT2D eigenvalue weighted by molar-refractivity contribution is -0.141. The number of rotatable bonds is 3. The van der Waals surface area contributed by atoms with Gasteiger partial charge in [0.05, 0.1) is 24.8 Å². The molecule has 106 valence electrons. The van der Waals surface area contributed by atoms with Crippen molar-refractivity contribution in [1.82, 2.24) is 4.98 Å². The van der Waals surface area contributed by atoms with Crippen LogP contribution in [0, 0.1) is 6.92 Å². The topological polar surface area (TPSA) is 39.2 Å². The van der Waals surface area contributed by atoms with E-state index in [0.29, 0.717) is 6.07 Å². The largest absolute Gasteiger partial charge is 0.469 e. The lowest BCUT2D eigenvalue weighted by Crippen LogP contribution is -2.15. The summed E-state index contributed by atoms with van der Waals surface area (Å²) in [6.07, 6.45) is -8.54. The van der Waals surface area contributed by atoms with Crippen molar-refractivity contribution in [1.29, 1.82) is 0 Å². The van der Waals surface area contributed by atoms with E-state index in [1.807, 2.05) is 0 Å². The highest BCUT2D eigenvalue weighted by molar-refractivity contribution is 5.72. The maximum atomic E-state index is 12.7. The first-order valence-corrected chi connectivity index (χ1v) is 5.09. The van der Waals surface area contributed by atoms with Crippen LogP contribution in [-0.2, 0) is 22.1 Å². The predicted molar refractivity (Wildman–Crippen MR) is 54.7 cm³/mol. The third-order valence-electron chi connectivity index (χ3n) is 2.46. The van der Waals surface area contributed by atoms with Crippen LogP contribution in [0.1, 0.15) is 28.9 Å². The molecule has 0 amide bonds. The molecule has 1 rings (SSSR count). The van der Waals surface area contributed by atoms with Crippen LogP contribution in [0.25, 0.3) is 0 Å². The zero-order valence-electron chi connectivity index (χ0n) is 10.0. The van der Waals surface area contributed by atoms with Gasteiger partial charge in [-0.3, -0.25) is 9.78 Å². The van der Waals surface area contributed by atoms with E-state index in [1.165, 1.54) is 0 Å². The number of hydrogen-bond acceptors (Lipinski definition) is 3. The fourth-order valence-electron chi connectivity index (χ4n) is 1.47. The van der Waals surface area contributed by atoms with Gasteiger partial charge in [-0.15, -0.1) is 0 Å². The number of hydrogen-bond donors (Lipinski definition) is 0. The number of carbonyl (C=O) groups excluding carboxylic acids is 1. The minimum atomic E-state index is -4.79. The molecule has 1 aromatic heterocycles. The van der Waals surface area contributed by atoms with Gasteiger partial charge in [-0.1, -0.05) is 0 Å². The van der Waals surface area contributed by atoms with E-state index in [-0.39, 0.29) is 11.3 Å². The number of ether oxygens (including phenoxy) is 1. The molecular formula is C11H10F5NO2. The van der Waals surface area contributed by atoms with Gasteiger partial charge in [-0.05, 0) is 18.6 Å². The molecule has 1 aromatic rings. The summed E-state index contributed by atoms with van der Waals surface area (Å²) < 4.78 is 67.4. The Morgan fingerprint density at radius 2 is 2.00 bits per heavy atom. The summed E-state index contributed by atoms with van der Waals surface area (Å²) >= 11 is 0. The first-order valence-electron chi connectivity index (χ1n) is 5.09. The quantitative estimate of drug-likeness (QED) is 0.632. The molecule has 19 heavy (non-hydrogen) atoms.